The lowest BCUT2D eigenvalue weighted by atomic mass is 9.93. The quantitative estimate of drug-likeness (QED) is 0.725. The molecule has 0 amide bonds. The minimum Gasteiger partial charge on any atom is -0.468 e. The number of esters is 1. The molecule has 1 N–H and O–H groups in total. The predicted molar refractivity (Wildman–Crippen MR) is 64.3 cm³/mol. The second kappa shape index (κ2) is 6.21. The molecule has 1 saturated heterocycles. The topological polar surface area (TPSA) is 41.6 Å². The van der Waals surface area contributed by atoms with Gasteiger partial charge < -0.3 is 15.0 Å². The van der Waals surface area contributed by atoms with Crippen molar-refractivity contribution < 1.29 is 9.53 Å². The van der Waals surface area contributed by atoms with Gasteiger partial charge in [0.25, 0.3) is 0 Å². The Bertz CT molecular complexity index is 233. The van der Waals surface area contributed by atoms with E-state index in [4.69, 9.17) is 4.74 Å². The maximum Gasteiger partial charge on any atom is 0.322 e. The number of rotatable bonds is 4. The van der Waals surface area contributed by atoms with E-state index in [1.54, 1.807) is 0 Å². The molecule has 1 aliphatic heterocycles. The number of hydrogen-bond acceptors (Lipinski definition) is 4. The first-order valence-electron chi connectivity index (χ1n) is 6.10. The number of carbonyl (C=O) groups is 1. The maximum absolute atomic E-state index is 11.5. The third kappa shape index (κ3) is 3.46. The molecule has 1 aliphatic rings. The van der Waals surface area contributed by atoms with Crippen LogP contribution in [0.3, 0.4) is 0 Å². The molecular weight excluding hydrogens is 204 g/mol. The fourth-order valence-electron chi connectivity index (χ4n) is 2.35. The number of hydrogen-bond donors (Lipinski definition) is 1. The molecule has 0 bridgehead atoms. The normalized spacial score (nSPS) is 28.8. The summed E-state index contributed by atoms with van der Waals surface area (Å²) in [5, 5.41) is 3.43. The van der Waals surface area contributed by atoms with Crippen LogP contribution in [0.4, 0.5) is 0 Å². The molecule has 4 nitrogen and oxygen atoms in total. The summed E-state index contributed by atoms with van der Waals surface area (Å²) in [4.78, 5) is 13.8. The minimum absolute atomic E-state index is 0.145. The zero-order valence-electron chi connectivity index (χ0n) is 10.8. The van der Waals surface area contributed by atoms with Crippen LogP contribution in [0.2, 0.25) is 0 Å². The second-order valence-corrected chi connectivity index (χ2v) is 4.79. The van der Waals surface area contributed by atoms with Gasteiger partial charge in [0.2, 0.25) is 0 Å². The summed E-state index contributed by atoms with van der Waals surface area (Å²) < 4.78 is 4.79. The van der Waals surface area contributed by atoms with Crippen molar-refractivity contribution in [3.8, 4) is 0 Å². The number of carbonyl (C=O) groups excluding carboxylic acids is 1. The smallest absolute Gasteiger partial charge is 0.322 e. The van der Waals surface area contributed by atoms with Crippen LogP contribution >= 0.6 is 0 Å². The van der Waals surface area contributed by atoms with E-state index in [0.717, 1.165) is 25.9 Å². The van der Waals surface area contributed by atoms with Crippen molar-refractivity contribution >= 4 is 5.97 Å². The van der Waals surface area contributed by atoms with E-state index >= 15 is 0 Å². The van der Waals surface area contributed by atoms with Crippen LogP contribution in [-0.4, -0.2) is 50.2 Å². The summed E-state index contributed by atoms with van der Waals surface area (Å²) in [5.74, 6) is 0.436. The van der Waals surface area contributed by atoms with E-state index < -0.39 is 0 Å². The fourth-order valence-corrected chi connectivity index (χ4v) is 2.35. The lowest BCUT2D eigenvalue weighted by molar-refractivity contribution is -0.143. The standard InChI is InChI=1S/C12H24N2O2/c1-5-10(12(15)16-4)13-11-6-7-14(3)8-9(11)2/h9-11,13H,5-8H2,1-4H3. The SMILES string of the molecule is CCC(NC1CCN(C)CC1C)C(=O)OC. The molecule has 1 fully saturated rings. The van der Waals surface area contributed by atoms with Gasteiger partial charge in [-0.05, 0) is 32.4 Å². The molecule has 4 heteroatoms. The van der Waals surface area contributed by atoms with E-state index in [1.165, 1.54) is 7.11 Å². The Morgan fingerprint density at radius 1 is 1.62 bits per heavy atom. The van der Waals surface area contributed by atoms with Crippen LogP contribution in [-0.2, 0) is 9.53 Å². The molecule has 0 saturated carbocycles. The van der Waals surface area contributed by atoms with Crippen molar-refractivity contribution in [2.24, 2.45) is 5.92 Å². The molecule has 0 aromatic heterocycles. The lowest BCUT2D eigenvalue weighted by Gasteiger charge is -2.36. The molecule has 1 rings (SSSR count). The third-order valence-electron chi connectivity index (χ3n) is 3.42. The van der Waals surface area contributed by atoms with Crippen molar-refractivity contribution in [2.45, 2.75) is 38.8 Å². The van der Waals surface area contributed by atoms with E-state index in [1.807, 2.05) is 6.92 Å². The highest BCUT2D eigenvalue weighted by molar-refractivity contribution is 5.75. The van der Waals surface area contributed by atoms with Gasteiger partial charge in [0.05, 0.1) is 7.11 Å². The van der Waals surface area contributed by atoms with E-state index in [9.17, 15) is 4.79 Å². The average Bonchev–Trinajstić information content (AvgIpc) is 2.27. The van der Waals surface area contributed by atoms with Crippen molar-refractivity contribution in [1.82, 2.24) is 10.2 Å². The predicted octanol–water partition coefficient (Wildman–Crippen LogP) is 0.868. The lowest BCUT2D eigenvalue weighted by Crippen LogP contribution is -2.52. The van der Waals surface area contributed by atoms with Crippen molar-refractivity contribution in [1.29, 1.82) is 0 Å². The van der Waals surface area contributed by atoms with Crippen molar-refractivity contribution in [3.05, 3.63) is 0 Å². The number of nitrogens with zero attached hydrogens (tertiary/aromatic N) is 1. The Hall–Kier alpha value is -0.610. The van der Waals surface area contributed by atoms with Gasteiger partial charge in [0.15, 0.2) is 0 Å². The monoisotopic (exact) mass is 228 g/mol. The molecule has 0 aromatic carbocycles. The molecule has 0 aliphatic carbocycles. The molecule has 3 unspecified atom stereocenters. The third-order valence-corrected chi connectivity index (χ3v) is 3.42. The highest BCUT2D eigenvalue weighted by atomic mass is 16.5. The van der Waals surface area contributed by atoms with E-state index in [0.29, 0.717) is 12.0 Å². The Morgan fingerprint density at radius 3 is 2.81 bits per heavy atom. The Kier molecular flexibility index (Phi) is 5.22. The van der Waals surface area contributed by atoms with Crippen LogP contribution in [0.5, 0.6) is 0 Å². The van der Waals surface area contributed by atoms with Crippen LogP contribution in [0.25, 0.3) is 0 Å². The summed E-state index contributed by atoms with van der Waals surface area (Å²) in [7, 11) is 3.59. The number of likely N-dealkylation sites (tertiary alicyclic amines) is 1. The molecule has 0 spiro atoms. The average molecular weight is 228 g/mol. The molecular formula is C12H24N2O2. The van der Waals surface area contributed by atoms with E-state index in [-0.39, 0.29) is 12.0 Å². The van der Waals surface area contributed by atoms with Gasteiger partial charge in [-0.3, -0.25) is 4.79 Å². The summed E-state index contributed by atoms with van der Waals surface area (Å²) in [6.45, 7) is 6.43. The van der Waals surface area contributed by atoms with Gasteiger partial charge in [-0.2, -0.15) is 0 Å². The molecule has 16 heavy (non-hydrogen) atoms. The zero-order valence-corrected chi connectivity index (χ0v) is 10.8. The Morgan fingerprint density at radius 2 is 2.31 bits per heavy atom. The van der Waals surface area contributed by atoms with Gasteiger partial charge in [0, 0.05) is 12.6 Å². The molecule has 0 radical (unpaired) electrons. The second-order valence-electron chi connectivity index (χ2n) is 4.79. The highest BCUT2D eigenvalue weighted by Gasteiger charge is 2.28. The summed E-state index contributed by atoms with van der Waals surface area (Å²) >= 11 is 0. The van der Waals surface area contributed by atoms with Crippen molar-refractivity contribution in [3.63, 3.8) is 0 Å². The number of nitrogens with one attached hydrogen (secondary N) is 1. The van der Waals surface area contributed by atoms with Crippen molar-refractivity contribution in [2.75, 3.05) is 27.2 Å². The Balaban J connectivity index is 2.48. The van der Waals surface area contributed by atoms with Crippen LogP contribution in [0.1, 0.15) is 26.7 Å². The molecule has 3 atom stereocenters. The van der Waals surface area contributed by atoms with Crippen LogP contribution in [0, 0.1) is 5.92 Å². The summed E-state index contributed by atoms with van der Waals surface area (Å²) in [5.41, 5.74) is 0. The molecule has 94 valence electrons. The Labute approximate surface area is 98.3 Å². The molecule has 0 aromatic rings. The van der Waals surface area contributed by atoms with Gasteiger partial charge >= 0.3 is 5.97 Å². The maximum atomic E-state index is 11.5. The van der Waals surface area contributed by atoms with Gasteiger partial charge in [-0.25, -0.2) is 0 Å². The highest BCUT2D eigenvalue weighted by Crippen LogP contribution is 2.16. The number of methoxy groups -OCH3 is 1. The van der Waals surface area contributed by atoms with Gasteiger partial charge in [0.1, 0.15) is 6.04 Å². The largest absolute Gasteiger partial charge is 0.468 e. The first-order chi connectivity index (χ1) is 7.58. The van der Waals surface area contributed by atoms with Gasteiger partial charge in [-0.1, -0.05) is 13.8 Å². The zero-order chi connectivity index (χ0) is 12.1. The number of ether oxygens (including phenoxy) is 1. The fraction of sp³-hybridized carbons (Fsp3) is 0.917. The molecule has 1 heterocycles. The van der Waals surface area contributed by atoms with Crippen LogP contribution in [0.15, 0.2) is 0 Å². The first-order valence-corrected chi connectivity index (χ1v) is 6.10. The summed E-state index contributed by atoms with van der Waals surface area (Å²) in [6, 6.07) is 0.279. The van der Waals surface area contributed by atoms with Crippen LogP contribution < -0.4 is 5.32 Å². The first kappa shape index (κ1) is 13.5. The minimum atomic E-state index is -0.152. The van der Waals surface area contributed by atoms with Gasteiger partial charge in [-0.15, -0.1) is 0 Å². The van der Waals surface area contributed by atoms with E-state index in [2.05, 4.69) is 24.2 Å². The summed E-state index contributed by atoms with van der Waals surface area (Å²) in [6.07, 6.45) is 1.89. The number of piperidine rings is 1.